The number of hydrogen-bond donors (Lipinski definition) is 2. The molecule has 1 heterocycles. The Hall–Kier alpha value is -3.03. The molecule has 2 rings (SSSR count). The highest BCUT2D eigenvalue weighted by molar-refractivity contribution is 5.94. The van der Waals surface area contributed by atoms with E-state index in [1.54, 1.807) is 18.2 Å². The summed E-state index contributed by atoms with van der Waals surface area (Å²) >= 11 is 0. The molecule has 0 aliphatic heterocycles. The summed E-state index contributed by atoms with van der Waals surface area (Å²) in [7, 11) is 1.49. The lowest BCUT2D eigenvalue weighted by molar-refractivity contribution is -0.402. The number of nitrogens with zero attached hydrogens (tertiary/aromatic N) is 1. The molecule has 0 spiro atoms. The number of nitro groups is 1. The fraction of sp³-hybridized carbons (Fsp3) is 0.154. The van der Waals surface area contributed by atoms with E-state index in [0.29, 0.717) is 22.8 Å². The zero-order valence-electron chi connectivity index (χ0n) is 11.2. The molecule has 0 aliphatic rings. The number of primary amides is 1. The molecule has 0 unspecified atom stereocenters. The number of anilines is 1. The minimum Gasteiger partial charge on any atom is -0.495 e. The van der Waals surface area contributed by atoms with Crippen LogP contribution in [0.15, 0.2) is 34.7 Å². The second kappa shape index (κ2) is 5.95. The molecule has 8 nitrogen and oxygen atoms in total. The van der Waals surface area contributed by atoms with Gasteiger partial charge in [0.1, 0.15) is 16.4 Å². The molecular weight excluding hydrogens is 278 g/mol. The van der Waals surface area contributed by atoms with E-state index in [-0.39, 0.29) is 12.4 Å². The summed E-state index contributed by atoms with van der Waals surface area (Å²) in [6, 6.07) is 7.46. The highest BCUT2D eigenvalue weighted by Crippen LogP contribution is 2.26. The Balaban J connectivity index is 2.15. The van der Waals surface area contributed by atoms with E-state index in [9.17, 15) is 14.9 Å². The molecule has 1 aromatic carbocycles. The molecule has 1 aromatic heterocycles. The van der Waals surface area contributed by atoms with Gasteiger partial charge in [-0.1, -0.05) is 0 Å². The number of rotatable bonds is 6. The van der Waals surface area contributed by atoms with Crippen LogP contribution in [0.4, 0.5) is 11.6 Å². The van der Waals surface area contributed by atoms with Gasteiger partial charge in [-0.15, -0.1) is 0 Å². The van der Waals surface area contributed by atoms with Gasteiger partial charge in [0, 0.05) is 5.56 Å². The normalized spacial score (nSPS) is 10.1. The first kappa shape index (κ1) is 14.4. The second-order valence-electron chi connectivity index (χ2n) is 4.13. The van der Waals surface area contributed by atoms with Gasteiger partial charge in [-0.25, -0.2) is 0 Å². The molecule has 0 radical (unpaired) electrons. The average molecular weight is 291 g/mol. The predicted octanol–water partition coefficient (Wildman–Crippen LogP) is 1.91. The standard InChI is InChI=1S/C13H13N3O5/c1-20-11-4-2-8(13(14)17)6-10(11)15-7-9-3-5-12(21-9)16(18)19/h2-6,15H,7H2,1H3,(H2,14,17). The number of furan rings is 1. The highest BCUT2D eigenvalue weighted by Gasteiger charge is 2.13. The van der Waals surface area contributed by atoms with Crippen LogP contribution in [-0.2, 0) is 6.54 Å². The van der Waals surface area contributed by atoms with Gasteiger partial charge >= 0.3 is 5.88 Å². The maximum Gasteiger partial charge on any atom is 0.433 e. The van der Waals surface area contributed by atoms with Crippen LogP contribution in [0.1, 0.15) is 16.1 Å². The largest absolute Gasteiger partial charge is 0.495 e. The summed E-state index contributed by atoms with van der Waals surface area (Å²) in [4.78, 5) is 21.1. The van der Waals surface area contributed by atoms with Crippen molar-refractivity contribution in [2.75, 3.05) is 12.4 Å². The monoisotopic (exact) mass is 291 g/mol. The summed E-state index contributed by atoms with van der Waals surface area (Å²) in [5, 5.41) is 13.5. The van der Waals surface area contributed by atoms with Crippen LogP contribution in [0.3, 0.4) is 0 Å². The SMILES string of the molecule is COc1ccc(C(N)=O)cc1NCc1ccc([N+](=O)[O-])o1. The molecule has 0 bridgehead atoms. The van der Waals surface area contributed by atoms with Crippen molar-refractivity contribution in [3.05, 3.63) is 51.8 Å². The van der Waals surface area contributed by atoms with Crippen molar-refractivity contribution in [1.82, 2.24) is 0 Å². The van der Waals surface area contributed by atoms with E-state index >= 15 is 0 Å². The second-order valence-corrected chi connectivity index (χ2v) is 4.13. The summed E-state index contributed by atoms with van der Waals surface area (Å²) in [6.07, 6.45) is 0. The van der Waals surface area contributed by atoms with Crippen molar-refractivity contribution in [3.63, 3.8) is 0 Å². The topological polar surface area (TPSA) is 121 Å². The first-order chi connectivity index (χ1) is 10.0. The highest BCUT2D eigenvalue weighted by atomic mass is 16.6. The van der Waals surface area contributed by atoms with Gasteiger partial charge in [0.05, 0.1) is 25.4 Å². The number of ether oxygens (including phenoxy) is 1. The van der Waals surface area contributed by atoms with Crippen LogP contribution < -0.4 is 15.8 Å². The third-order valence-corrected chi connectivity index (χ3v) is 2.76. The van der Waals surface area contributed by atoms with E-state index in [1.807, 2.05) is 0 Å². The zero-order chi connectivity index (χ0) is 15.4. The fourth-order valence-corrected chi connectivity index (χ4v) is 1.74. The van der Waals surface area contributed by atoms with Crippen LogP contribution >= 0.6 is 0 Å². The summed E-state index contributed by atoms with van der Waals surface area (Å²) in [5.41, 5.74) is 6.08. The van der Waals surface area contributed by atoms with Gasteiger partial charge in [0.15, 0.2) is 0 Å². The fourth-order valence-electron chi connectivity index (χ4n) is 1.74. The van der Waals surface area contributed by atoms with Crippen molar-refractivity contribution in [2.45, 2.75) is 6.54 Å². The molecule has 3 N–H and O–H groups in total. The lowest BCUT2D eigenvalue weighted by Gasteiger charge is -2.11. The summed E-state index contributed by atoms with van der Waals surface area (Å²) in [5.74, 6) is 0.00766. The van der Waals surface area contributed by atoms with E-state index in [0.717, 1.165) is 0 Å². The molecule has 1 amide bonds. The van der Waals surface area contributed by atoms with Gasteiger partial charge in [-0.05, 0) is 24.3 Å². The Labute approximate surface area is 119 Å². The minimum atomic E-state index is -0.613. The zero-order valence-corrected chi connectivity index (χ0v) is 11.2. The van der Waals surface area contributed by atoms with Crippen LogP contribution in [-0.4, -0.2) is 17.9 Å². The molecule has 0 fully saturated rings. The molecule has 21 heavy (non-hydrogen) atoms. The summed E-state index contributed by atoms with van der Waals surface area (Å²) in [6.45, 7) is 0.201. The van der Waals surface area contributed by atoms with E-state index in [2.05, 4.69) is 5.32 Å². The van der Waals surface area contributed by atoms with Gasteiger partial charge < -0.3 is 20.2 Å². The Kier molecular flexibility index (Phi) is 4.07. The van der Waals surface area contributed by atoms with Crippen molar-refractivity contribution < 1.29 is 18.9 Å². The molecule has 0 atom stereocenters. The predicted molar refractivity (Wildman–Crippen MR) is 74.2 cm³/mol. The Morgan fingerprint density at radius 1 is 1.43 bits per heavy atom. The number of hydrogen-bond acceptors (Lipinski definition) is 6. The number of benzene rings is 1. The maximum absolute atomic E-state index is 11.2. The molecule has 110 valence electrons. The van der Waals surface area contributed by atoms with E-state index in [4.69, 9.17) is 14.9 Å². The molecule has 0 saturated carbocycles. The Morgan fingerprint density at radius 2 is 2.19 bits per heavy atom. The Bertz CT molecular complexity index is 680. The molecule has 8 heteroatoms. The van der Waals surface area contributed by atoms with Crippen molar-refractivity contribution >= 4 is 17.5 Å². The first-order valence-electron chi connectivity index (χ1n) is 5.96. The number of methoxy groups -OCH3 is 1. The lowest BCUT2D eigenvalue weighted by Crippen LogP contribution is -2.11. The van der Waals surface area contributed by atoms with Crippen molar-refractivity contribution in [3.8, 4) is 5.75 Å². The number of nitrogens with two attached hydrogens (primary N) is 1. The van der Waals surface area contributed by atoms with Crippen LogP contribution in [0.5, 0.6) is 5.75 Å². The Morgan fingerprint density at radius 3 is 2.76 bits per heavy atom. The van der Waals surface area contributed by atoms with Crippen molar-refractivity contribution in [2.24, 2.45) is 5.73 Å². The van der Waals surface area contributed by atoms with Crippen LogP contribution in [0.2, 0.25) is 0 Å². The smallest absolute Gasteiger partial charge is 0.433 e. The van der Waals surface area contributed by atoms with E-state index in [1.165, 1.54) is 19.2 Å². The molecular formula is C13H13N3O5. The lowest BCUT2D eigenvalue weighted by atomic mass is 10.1. The van der Waals surface area contributed by atoms with E-state index < -0.39 is 10.8 Å². The number of nitrogens with one attached hydrogen (secondary N) is 1. The van der Waals surface area contributed by atoms with Gasteiger partial charge in [-0.3, -0.25) is 14.9 Å². The molecule has 2 aromatic rings. The minimum absolute atomic E-state index is 0.201. The van der Waals surface area contributed by atoms with Crippen molar-refractivity contribution in [1.29, 1.82) is 0 Å². The van der Waals surface area contributed by atoms with Crippen LogP contribution in [0.25, 0.3) is 0 Å². The number of amides is 1. The average Bonchev–Trinajstić information content (AvgIpc) is 2.93. The number of carbonyl (C=O) groups is 1. The molecule has 0 aliphatic carbocycles. The van der Waals surface area contributed by atoms with Gasteiger partial charge in [0.2, 0.25) is 5.91 Å². The third-order valence-electron chi connectivity index (χ3n) is 2.76. The quantitative estimate of drug-likeness (QED) is 0.619. The van der Waals surface area contributed by atoms with Gasteiger partial charge in [-0.2, -0.15) is 0 Å². The number of carbonyl (C=O) groups excluding carboxylic acids is 1. The van der Waals surface area contributed by atoms with Gasteiger partial charge in [0.25, 0.3) is 0 Å². The van der Waals surface area contributed by atoms with Crippen LogP contribution in [0, 0.1) is 10.1 Å². The summed E-state index contributed by atoms with van der Waals surface area (Å²) < 4.78 is 10.2. The molecule has 0 saturated heterocycles. The first-order valence-corrected chi connectivity index (χ1v) is 5.96. The third kappa shape index (κ3) is 3.30. The maximum atomic E-state index is 11.2.